The van der Waals surface area contributed by atoms with Crippen molar-refractivity contribution in [3.63, 3.8) is 0 Å². The summed E-state index contributed by atoms with van der Waals surface area (Å²) in [6, 6.07) is 0.0421. The maximum absolute atomic E-state index is 12.1. The molecule has 20 heavy (non-hydrogen) atoms. The summed E-state index contributed by atoms with van der Waals surface area (Å²) in [5, 5.41) is 3.40. The van der Waals surface area contributed by atoms with Gasteiger partial charge in [0.15, 0.2) is 0 Å². The number of hydrogen-bond acceptors (Lipinski definition) is 3. The third-order valence-corrected chi connectivity index (χ3v) is 4.66. The number of carbonyl (C=O) groups is 2. The SMILES string of the molecule is CC[C@H]1CN(C(=O)C2CC2)CC[C@@H]1N[C@@H](CC)C(N)=O. The zero-order valence-electron chi connectivity index (χ0n) is 12.6. The van der Waals surface area contributed by atoms with Crippen molar-refractivity contribution in [3.8, 4) is 0 Å². The Bertz CT molecular complexity index is 368. The Morgan fingerprint density at radius 2 is 2.00 bits per heavy atom. The van der Waals surface area contributed by atoms with Gasteiger partial charge in [-0.2, -0.15) is 0 Å². The largest absolute Gasteiger partial charge is 0.368 e. The maximum Gasteiger partial charge on any atom is 0.234 e. The van der Waals surface area contributed by atoms with E-state index in [-0.39, 0.29) is 11.9 Å². The smallest absolute Gasteiger partial charge is 0.234 e. The van der Waals surface area contributed by atoms with E-state index in [1.165, 1.54) is 0 Å². The van der Waals surface area contributed by atoms with Crippen LogP contribution in [0, 0.1) is 11.8 Å². The van der Waals surface area contributed by atoms with Crippen molar-refractivity contribution in [2.75, 3.05) is 13.1 Å². The van der Waals surface area contributed by atoms with Crippen LogP contribution in [-0.2, 0) is 9.59 Å². The molecule has 1 heterocycles. The van der Waals surface area contributed by atoms with Gasteiger partial charge in [-0.25, -0.2) is 0 Å². The van der Waals surface area contributed by atoms with Crippen molar-refractivity contribution in [1.29, 1.82) is 0 Å². The van der Waals surface area contributed by atoms with Crippen molar-refractivity contribution in [3.05, 3.63) is 0 Å². The predicted octanol–water partition coefficient (Wildman–Crippen LogP) is 0.877. The molecular weight excluding hydrogens is 254 g/mol. The second kappa shape index (κ2) is 6.57. The van der Waals surface area contributed by atoms with E-state index in [2.05, 4.69) is 12.2 Å². The molecule has 0 aromatic rings. The first-order valence-corrected chi connectivity index (χ1v) is 7.90. The van der Waals surface area contributed by atoms with Gasteiger partial charge in [-0.15, -0.1) is 0 Å². The molecule has 0 spiro atoms. The molecule has 1 saturated heterocycles. The van der Waals surface area contributed by atoms with Gasteiger partial charge in [0, 0.05) is 25.0 Å². The first-order chi connectivity index (χ1) is 9.56. The standard InChI is InChI=1S/C15H27N3O2/c1-3-10-9-18(15(20)11-5-6-11)8-7-13(10)17-12(4-2)14(16)19/h10-13,17H,3-9H2,1-2H3,(H2,16,19)/t10-,12-,13-/m0/s1. The molecule has 1 saturated carbocycles. The van der Waals surface area contributed by atoms with Gasteiger partial charge in [0.2, 0.25) is 11.8 Å². The molecule has 0 bridgehead atoms. The van der Waals surface area contributed by atoms with Gasteiger partial charge >= 0.3 is 0 Å². The summed E-state index contributed by atoms with van der Waals surface area (Å²) in [7, 11) is 0. The van der Waals surface area contributed by atoms with Gasteiger partial charge in [0.1, 0.15) is 0 Å². The van der Waals surface area contributed by atoms with E-state index in [1.54, 1.807) is 0 Å². The van der Waals surface area contributed by atoms with E-state index in [9.17, 15) is 9.59 Å². The minimum absolute atomic E-state index is 0.250. The number of amides is 2. The van der Waals surface area contributed by atoms with Crippen LogP contribution in [0.4, 0.5) is 0 Å². The molecule has 3 atom stereocenters. The summed E-state index contributed by atoms with van der Waals surface area (Å²) in [6.07, 6.45) is 4.77. The van der Waals surface area contributed by atoms with Crippen LogP contribution < -0.4 is 11.1 Å². The Morgan fingerprint density at radius 3 is 2.50 bits per heavy atom. The lowest BCUT2D eigenvalue weighted by molar-refractivity contribution is -0.135. The molecule has 0 radical (unpaired) electrons. The second-order valence-electron chi connectivity index (χ2n) is 6.15. The molecule has 2 rings (SSSR count). The van der Waals surface area contributed by atoms with Gasteiger partial charge in [-0.05, 0) is 31.6 Å². The van der Waals surface area contributed by atoms with Crippen molar-refractivity contribution in [2.45, 2.75) is 58.0 Å². The monoisotopic (exact) mass is 281 g/mol. The summed E-state index contributed by atoms with van der Waals surface area (Å²) in [6.45, 7) is 5.74. The van der Waals surface area contributed by atoms with Gasteiger partial charge in [-0.3, -0.25) is 9.59 Å². The minimum atomic E-state index is -0.279. The molecule has 5 nitrogen and oxygen atoms in total. The first kappa shape index (κ1) is 15.3. The molecule has 2 amide bonds. The summed E-state index contributed by atoms with van der Waals surface area (Å²) in [5.41, 5.74) is 5.41. The van der Waals surface area contributed by atoms with Crippen LogP contribution in [0.15, 0.2) is 0 Å². The summed E-state index contributed by atoms with van der Waals surface area (Å²) >= 11 is 0. The topological polar surface area (TPSA) is 75.4 Å². The second-order valence-corrected chi connectivity index (χ2v) is 6.15. The number of nitrogens with two attached hydrogens (primary N) is 1. The highest BCUT2D eigenvalue weighted by Crippen LogP contribution is 2.33. The molecule has 0 unspecified atom stereocenters. The lowest BCUT2D eigenvalue weighted by atomic mass is 9.88. The van der Waals surface area contributed by atoms with Crippen molar-refractivity contribution in [1.82, 2.24) is 10.2 Å². The van der Waals surface area contributed by atoms with Crippen LogP contribution in [0.3, 0.4) is 0 Å². The van der Waals surface area contributed by atoms with E-state index < -0.39 is 0 Å². The Morgan fingerprint density at radius 1 is 1.30 bits per heavy atom. The van der Waals surface area contributed by atoms with Gasteiger partial charge in [-0.1, -0.05) is 20.3 Å². The maximum atomic E-state index is 12.1. The fourth-order valence-corrected chi connectivity index (χ4v) is 3.11. The van der Waals surface area contributed by atoms with E-state index in [0.29, 0.717) is 30.2 Å². The fourth-order valence-electron chi connectivity index (χ4n) is 3.11. The van der Waals surface area contributed by atoms with Gasteiger partial charge in [0.05, 0.1) is 6.04 Å². The van der Waals surface area contributed by atoms with Crippen LogP contribution in [-0.4, -0.2) is 41.9 Å². The highest BCUT2D eigenvalue weighted by molar-refractivity contribution is 5.81. The van der Waals surface area contributed by atoms with Crippen molar-refractivity contribution >= 4 is 11.8 Å². The first-order valence-electron chi connectivity index (χ1n) is 7.90. The summed E-state index contributed by atoms with van der Waals surface area (Å²) in [4.78, 5) is 25.5. The molecule has 0 aromatic heterocycles. The number of hydrogen-bond donors (Lipinski definition) is 2. The Hall–Kier alpha value is -1.10. The molecule has 3 N–H and O–H groups in total. The quantitative estimate of drug-likeness (QED) is 0.759. The van der Waals surface area contributed by atoms with Crippen LogP contribution in [0.1, 0.15) is 46.0 Å². The number of nitrogens with zero attached hydrogens (tertiary/aromatic N) is 1. The van der Waals surface area contributed by atoms with Crippen LogP contribution in [0.2, 0.25) is 0 Å². The van der Waals surface area contributed by atoms with E-state index in [0.717, 1.165) is 38.8 Å². The average Bonchev–Trinajstić information content (AvgIpc) is 3.28. The molecule has 0 aromatic carbocycles. The molecular formula is C15H27N3O2. The third kappa shape index (κ3) is 3.51. The summed E-state index contributed by atoms with van der Waals surface area (Å²) in [5.74, 6) is 0.772. The predicted molar refractivity (Wildman–Crippen MR) is 77.9 cm³/mol. The average molecular weight is 281 g/mol. The number of rotatable bonds is 6. The lowest BCUT2D eigenvalue weighted by Gasteiger charge is -2.40. The zero-order valence-corrected chi connectivity index (χ0v) is 12.6. The molecule has 5 heteroatoms. The van der Waals surface area contributed by atoms with Gasteiger partial charge in [0.25, 0.3) is 0 Å². The van der Waals surface area contributed by atoms with Gasteiger partial charge < -0.3 is 16.0 Å². The minimum Gasteiger partial charge on any atom is -0.368 e. The Kier molecular flexibility index (Phi) is 5.02. The Balaban J connectivity index is 1.92. The highest BCUT2D eigenvalue weighted by Gasteiger charge is 2.38. The van der Waals surface area contributed by atoms with Crippen molar-refractivity contribution in [2.24, 2.45) is 17.6 Å². The Labute approximate surface area is 121 Å². The van der Waals surface area contributed by atoms with E-state index >= 15 is 0 Å². The molecule has 2 fully saturated rings. The third-order valence-electron chi connectivity index (χ3n) is 4.66. The fraction of sp³-hybridized carbons (Fsp3) is 0.867. The molecule has 114 valence electrons. The normalized spacial score (nSPS) is 28.2. The van der Waals surface area contributed by atoms with Crippen LogP contribution >= 0.6 is 0 Å². The number of nitrogens with one attached hydrogen (secondary N) is 1. The number of carbonyl (C=O) groups excluding carboxylic acids is 2. The molecule has 2 aliphatic rings. The van der Waals surface area contributed by atoms with Crippen LogP contribution in [0.25, 0.3) is 0 Å². The number of primary amides is 1. The molecule has 1 aliphatic carbocycles. The summed E-state index contributed by atoms with van der Waals surface area (Å²) < 4.78 is 0. The molecule has 1 aliphatic heterocycles. The van der Waals surface area contributed by atoms with Crippen molar-refractivity contribution < 1.29 is 9.59 Å². The van der Waals surface area contributed by atoms with E-state index in [1.807, 2.05) is 11.8 Å². The lowest BCUT2D eigenvalue weighted by Crippen LogP contribution is -2.55. The highest BCUT2D eigenvalue weighted by atomic mass is 16.2. The van der Waals surface area contributed by atoms with E-state index in [4.69, 9.17) is 5.73 Å². The number of piperidine rings is 1. The van der Waals surface area contributed by atoms with Crippen LogP contribution in [0.5, 0.6) is 0 Å². The zero-order chi connectivity index (χ0) is 14.7. The number of likely N-dealkylation sites (tertiary alicyclic amines) is 1.